The van der Waals surface area contributed by atoms with Gasteiger partial charge in [-0.3, -0.25) is 0 Å². The Morgan fingerprint density at radius 3 is 3.00 bits per heavy atom. The summed E-state index contributed by atoms with van der Waals surface area (Å²) in [7, 11) is 0. The molecule has 5 heteroatoms. The molecule has 1 N–H and O–H groups in total. The van der Waals surface area contributed by atoms with Gasteiger partial charge in [0.1, 0.15) is 9.34 Å². The summed E-state index contributed by atoms with van der Waals surface area (Å²) in [6, 6.07) is 8.02. The second kappa shape index (κ2) is 4.96. The Hall–Kier alpha value is -0.580. The molecule has 1 aromatic heterocycles. The van der Waals surface area contributed by atoms with Gasteiger partial charge in [0.05, 0.1) is 12.7 Å². The monoisotopic (exact) mass is 302 g/mol. The number of hydrogen-bond donors (Lipinski definition) is 1. The predicted octanol–water partition coefficient (Wildman–Crippen LogP) is 4.17. The summed E-state index contributed by atoms with van der Waals surface area (Å²) in [5.41, 5.74) is 1.07. The molecule has 0 atom stereocenters. The third kappa shape index (κ3) is 3.19. The zero-order chi connectivity index (χ0) is 10.7. The lowest BCUT2D eigenvalue weighted by atomic mass is 10.3. The van der Waals surface area contributed by atoms with Gasteiger partial charge >= 0.3 is 0 Å². The lowest BCUT2D eigenvalue weighted by Crippen LogP contribution is -1.98. The van der Waals surface area contributed by atoms with Crippen LogP contribution >= 0.6 is 38.9 Å². The quantitative estimate of drug-likeness (QED) is 0.920. The number of rotatable bonds is 3. The summed E-state index contributed by atoms with van der Waals surface area (Å²) in [4.78, 5) is 4.17. The summed E-state index contributed by atoms with van der Waals surface area (Å²) in [6.07, 6.45) is 1.67. The lowest BCUT2D eigenvalue weighted by molar-refractivity contribution is 1.10. The van der Waals surface area contributed by atoms with E-state index in [9.17, 15) is 0 Å². The Morgan fingerprint density at radius 1 is 1.47 bits per heavy atom. The number of aromatic nitrogens is 1. The van der Waals surface area contributed by atoms with Crippen molar-refractivity contribution in [2.75, 3.05) is 5.32 Å². The van der Waals surface area contributed by atoms with E-state index in [0.717, 1.165) is 19.5 Å². The van der Waals surface area contributed by atoms with E-state index < -0.39 is 0 Å². The molecule has 15 heavy (non-hydrogen) atoms. The van der Waals surface area contributed by atoms with Crippen molar-refractivity contribution >= 4 is 44.6 Å². The number of hydrogen-bond acceptors (Lipinski definition) is 3. The molecule has 1 aromatic carbocycles. The van der Waals surface area contributed by atoms with E-state index in [-0.39, 0.29) is 0 Å². The number of nitrogens with zero attached hydrogens (tertiary/aromatic N) is 1. The zero-order valence-electron chi connectivity index (χ0n) is 7.71. The Labute approximate surface area is 105 Å². The second-order valence-electron chi connectivity index (χ2n) is 2.92. The van der Waals surface area contributed by atoms with E-state index in [0.29, 0.717) is 6.54 Å². The number of benzene rings is 1. The van der Waals surface area contributed by atoms with Crippen LogP contribution < -0.4 is 5.32 Å². The van der Waals surface area contributed by atoms with Gasteiger partial charge in [-0.05, 0) is 18.2 Å². The van der Waals surface area contributed by atoms with Crippen LogP contribution in [0.4, 0.5) is 5.69 Å². The Morgan fingerprint density at radius 2 is 2.33 bits per heavy atom. The summed E-state index contributed by atoms with van der Waals surface area (Å²) in [5, 5.41) is 4.26. The molecule has 0 unspecified atom stereocenters. The number of halogens is 2. The molecule has 0 saturated heterocycles. The maximum Gasteiger partial charge on any atom is 0.113 e. The van der Waals surface area contributed by atoms with Crippen molar-refractivity contribution in [1.29, 1.82) is 0 Å². The molecule has 2 nitrogen and oxygen atoms in total. The third-order valence-corrected chi connectivity index (χ3v) is 3.40. The van der Waals surface area contributed by atoms with Crippen LogP contribution in [0, 0.1) is 0 Å². The van der Waals surface area contributed by atoms with Gasteiger partial charge in [-0.15, -0.1) is 11.3 Å². The molecule has 0 saturated carbocycles. The Balaban J connectivity index is 1.99. The molecule has 0 amide bonds. The first-order chi connectivity index (χ1) is 7.24. The van der Waals surface area contributed by atoms with Crippen molar-refractivity contribution in [2.45, 2.75) is 6.54 Å². The van der Waals surface area contributed by atoms with Gasteiger partial charge < -0.3 is 5.32 Å². The van der Waals surface area contributed by atoms with Gasteiger partial charge in [0.2, 0.25) is 0 Å². The van der Waals surface area contributed by atoms with Crippen LogP contribution in [0.15, 0.2) is 34.9 Å². The minimum atomic E-state index is 0.702. The highest BCUT2D eigenvalue weighted by molar-refractivity contribution is 9.10. The molecule has 1 heterocycles. The first-order valence-corrected chi connectivity index (χ1v) is 6.32. The molecule has 0 bridgehead atoms. The van der Waals surface area contributed by atoms with Gasteiger partial charge in [0.15, 0.2) is 0 Å². The second-order valence-corrected chi connectivity index (χ2v) is 5.58. The van der Waals surface area contributed by atoms with E-state index in [4.69, 9.17) is 11.6 Å². The molecule has 78 valence electrons. The first kappa shape index (κ1) is 10.9. The van der Waals surface area contributed by atoms with E-state index in [1.54, 1.807) is 6.20 Å². The largest absolute Gasteiger partial charge is 0.378 e. The van der Waals surface area contributed by atoms with Crippen LogP contribution in [-0.4, -0.2) is 4.98 Å². The molecule has 2 aromatic rings. The van der Waals surface area contributed by atoms with E-state index in [1.807, 2.05) is 24.3 Å². The van der Waals surface area contributed by atoms with Crippen LogP contribution in [0.1, 0.15) is 5.01 Å². The molecule has 0 fully saturated rings. The lowest BCUT2D eigenvalue weighted by Gasteiger charge is -2.03. The minimum absolute atomic E-state index is 0.702. The minimum Gasteiger partial charge on any atom is -0.378 e. The standard InChI is InChI=1S/C10H8BrClN2S/c11-7-2-1-3-8(4-7)13-6-10-14-5-9(12)15-10/h1-5,13H,6H2. The SMILES string of the molecule is Clc1cnc(CNc2cccc(Br)c2)s1. The van der Waals surface area contributed by atoms with E-state index in [2.05, 4.69) is 26.2 Å². The van der Waals surface area contributed by atoms with E-state index in [1.165, 1.54) is 11.3 Å². The van der Waals surface area contributed by atoms with Gasteiger partial charge in [0.25, 0.3) is 0 Å². The molecule has 0 aliphatic carbocycles. The fourth-order valence-corrected chi connectivity index (χ4v) is 2.44. The Bertz CT molecular complexity index is 458. The molecule has 0 spiro atoms. The highest BCUT2D eigenvalue weighted by atomic mass is 79.9. The van der Waals surface area contributed by atoms with Gasteiger partial charge in [-0.25, -0.2) is 4.98 Å². The van der Waals surface area contributed by atoms with Gasteiger partial charge in [-0.1, -0.05) is 33.6 Å². The molecule has 0 radical (unpaired) electrons. The van der Waals surface area contributed by atoms with Crippen molar-refractivity contribution in [3.63, 3.8) is 0 Å². The molecular weight excluding hydrogens is 296 g/mol. The average Bonchev–Trinajstić information content (AvgIpc) is 2.62. The smallest absolute Gasteiger partial charge is 0.113 e. The van der Waals surface area contributed by atoms with Crippen molar-refractivity contribution in [1.82, 2.24) is 4.98 Å². The van der Waals surface area contributed by atoms with Crippen molar-refractivity contribution in [2.24, 2.45) is 0 Å². The molecule has 2 rings (SSSR count). The van der Waals surface area contributed by atoms with Crippen molar-refractivity contribution in [3.8, 4) is 0 Å². The van der Waals surface area contributed by atoms with Gasteiger partial charge in [0, 0.05) is 10.2 Å². The van der Waals surface area contributed by atoms with Crippen LogP contribution in [-0.2, 0) is 6.54 Å². The van der Waals surface area contributed by atoms with Crippen molar-refractivity contribution in [3.05, 3.63) is 44.3 Å². The van der Waals surface area contributed by atoms with Crippen molar-refractivity contribution < 1.29 is 0 Å². The maximum absolute atomic E-state index is 5.79. The number of nitrogens with one attached hydrogen (secondary N) is 1. The fourth-order valence-electron chi connectivity index (χ4n) is 1.15. The van der Waals surface area contributed by atoms with E-state index >= 15 is 0 Å². The summed E-state index contributed by atoms with van der Waals surface area (Å²) in [6.45, 7) is 0.702. The molecular formula is C10H8BrClN2S. The first-order valence-electron chi connectivity index (χ1n) is 4.34. The highest BCUT2D eigenvalue weighted by Crippen LogP contribution is 2.20. The average molecular weight is 304 g/mol. The third-order valence-electron chi connectivity index (χ3n) is 1.79. The number of anilines is 1. The fraction of sp³-hybridized carbons (Fsp3) is 0.100. The summed E-state index contributed by atoms with van der Waals surface area (Å²) < 4.78 is 1.78. The highest BCUT2D eigenvalue weighted by Gasteiger charge is 1.99. The molecule has 0 aliphatic rings. The molecule has 0 aliphatic heterocycles. The normalized spacial score (nSPS) is 10.3. The van der Waals surface area contributed by atoms with Crippen LogP contribution in [0.5, 0.6) is 0 Å². The zero-order valence-corrected chi connectivity index (χ0v) is 10.9. The van der Waals surface area contributed by atoms with Gasteiger partial charge in [-0.2, -0.15) is 0 Å². The predicted molar refractivity (Wildman–Crippen MR) is 68.6 cm³/mol. The van der Waals surface area contributed by atoms with Crippen LogP contribution in [0.3, 0.4) is 0 Å². The maximum atomic E-state index is 5.79. The summed E-state index contributed by atoms with van der Waals surface area (Å²) in [5.74, 6) is 0. The van der Waals surface area contributed by atoms with Crippen LogP contribution in [0.2, 0.25) is 4.34 Å². The summed E-state index contributed by atoms with van der Waals surface area (Å²) >= 11 is 10.7. The van der Waals surface area contributed by atoms with Crippen LogP contribution in [0.25, 0.3) is 0 Å². The number of thiazole rings is 1. The Kier molecular flexibility index (Phi) is 3.61. The topological polar surface area (TPSA) is 24.9 Å².